The molecular formula is C17H21NO. The summed E-state index contributed by atoms with van der Waals surface area (Å²) in [6.07, 6.45) is -0.448. The van der Waals surface area contributed by atoms with Crippen LogP contribution in [-0.2, 0) is 6.54 Å². The molecule has 1 N–H and O–H groups in total. The molecule has 0 spiro atoms. The summed E-state index contributed by atoms with van der Waals surface area (Å²) in [7, 11) is 2.06. The van der Waals surface area contributed by atoms with Crippen LogP contribution in [0, 0.1) is 6.92 Å². The highest BCUT2D eigenvalue weighted by Crippen LogP contribution is 2.26. The lowest BCUT2D eigenvalue weighted by atomic mass is 10.1. The standard InChI is InChI=1S/C17H21NO/c1-13-8-10-15(11-9-13)12-18(3)17-7-5-4-6-16(17)14(2)19/h4-11,14,19H,12H2,1-3H3/t14-/m0/s1. The molecule has 0 aliphatic carbocycles. The van der Waals surface area contributed by atoms with E-state index in [4.69, 9.17) is 0 Å². The largest absolute Gasteiger partial charge is 0.389 e. The van der Waals surface area contributed by atoms with Crippen LogP contribution >= 0.6 is 0 Å². The van der Waals surface area contributed by atoms with Gasteiger partial charge in [-0.25, -0.2) is 0 Å². The van der Waals surface area contributed by atoms with Crippen LogP contribution in [0.1, 0.15) is 29.7 Å². The summed E-state index contributed by atoms with van der Waals surface area (Å²) in [5, 5.41) is 9.83. The normalized spacial score (nSPS) is 12.2. The fourth-order valence-electron chi connectivity index (χ4n) is 2.24. The number of aryl methyl sites for hydroxylation is 1. The molecule has 2 aromatic rings. The Morgan fingerprint density at radius 2 is 1.68 bits per heavy atom. The second kappa shape index (κ2) is 5.89. The van der Waals surface area contributed by atoms with E-state index in [9.17, 15) is 5.11 Å². The van der Waals surface area contributed by atoms with Crippen molar-refractivity contribution in [3.05, 3.63) is 65.2 Å². The van der Waals surface area contributed by atoms with Crippen LogP contribution in [0.4, 0.5) is 5.69 Å². The molecule has 1 atom stereocenters. The maximum Gasteiger partial charge on any atom is 0.0781 e. The smallest absolute Gasteiger partial charge is 0.0781 e. The summed E-state index contributed by atoms with van der Waals surface area (Å²) in [6.45, 7) is 4.73. The highest BCUT2D eigenvalue weighted by atomic mass is 16.3. The topological polar surface area (TPSA) is 23.5 Å². The molecular weight excluding hydrogens is 234 g/mol. The monoisotopic (exact) mass is 255 g/mol. The number of nitrogens with zero attached hydrogens (tertiary/aromatic N) is 1. The van der Waals surface area contributed by atoms with Gasteiger partial charge in [-0.1, -0.05) is 48.0 Å². The third kappa shape index (κ3) is 3.36. The van der Waals surface area contributed by atoms with E-state index in [2.05, 4.69) is 49.2 Å². The van der Waals surface area contributed by atoms with Crippen molar-refractivity contribution in [2.75, 3.05) is 11.9 Å². The lowest BCUT2D eigenvalue weighted by molar-refractivity contribution is 0.199. The van der Waals surface area contributed by atoms with E-state index in [-0.39, 0.29) is 0 Å². The molecule has 19 heavy (non-hydrogen) atoms. The Morgan fingerprint density at radius 1 is 1.05 bits per heavy atom. The minimum Gasteiger partial charge on any atom is -0.389 e. The molecule has 100 valence electrons. The number of para-hydroxylation sites is 1. The number of aliphatic hydroxyl groups is 1. The first kappa shape index (κ1) is 13.6. The Kier molecular flexibility index (Phi) is 4.23. The maximum absolute atomic E-state index is 9.83. The summed E-state index contributed by atoms with van der Waals surface area (Å²) < 4.78 is 0. The van der Waals surface area contributed by atoms with Crippen LogP contribution < -0.4 is 4.90 Å². The van der Waals surface area contributed by atoms with E-state index < -0.39 is 6.10 Å². The first-order valence-electron chi connectivity index (χ1n) is 6.61. The van der Waals surface area contributed by atoms with Gasteiger partial charge >= 0.3 is 0 Å². The summed E-state index contributed by atoms with van der Waals surface area (Å²) in [5.41, 5.74) is 4.60. The van der Waals surface area contributed by atoms with Crippen LogP contribution in [-0.4, -0.2) is 12.2 Å². The average molecular weight is 255 g/mol. The van der Waals surface area contributed by atoms with Crippen molar-refractivity contribution in [2.45, 2.75) is 26.5 Å². The molecule has 0 radical (unpaired) electrons. The van der Waals surface area contributed by atoms with Crippen molar-refractivity contribution < 1.29 is 5.11 Å². The van der Waals surface area contributed by atoms with Gasteiger partial charge in [0, 0.05) is 24.8 Å². The predicted molar refractivity (Wildman–Crippen MR) is 80.4 cm³/mol. The molecule has 0 bridgehead atoms. The third-order valence-electron chi connectivity index (χ3n) is 3.34. The molecule has 0 fully saturated rings. The van der Waals surface area contributed by atoms with E-state index in [0.717, 1.165) is 17.8 Å². The van der Waals surface area contributed by atoms with Crippen LogP contribution in [0.3, 0.4) is 0 Å². The number of hydrogen-bond acceptors (Lipinski definition) is 2. The SMILES string of the molecule is Cc1ccc(CN(C)c2ccccc2[C@H](C)O)cc1. The van der Waals surface area contributed by atoms with Crippen LogP contribution in [0.25, 0.3) is 0 Å². The van der Waals surface area contributed by atoms with E-state index in [1.165, 1.54) is 11.1 Å². The molecule has 2 rings (SSSR count). The molecule has 0 aliphatic rings. The van der Waals surface area contributed by atoms with E-state index in [1.54, 1.807) is 6.92 Å². The van der Waals surface area contributed by atoms with Gasteiger partial charge < -0.3 is 10.0 Å². The van der Waals surface area contributed by atoms with Gasteiger partial charge in [0.15, 0.2) is 0 Å². The summed E-state index contributed by atoms with van der Waals surface area (Å²) in [4.78, 5) is 2.17. The summed E-state index contributed by atoms with van der Waals surface area (Å²) in [5.74, 6) is 0. The van der Waals surface area contributed by atoms with Gasteiger partial charge in [-0.15, -0.1) is 0 Å². The van der Waals surface area contributed by atoms with Gasteiger partial charge in [0.2, 0.25) is 0 Å². The minimum absolute atomic E-state index is 0.448. The Bertz CT molecular complexity index is 531. The molecule has 0 heterocycles. The quantitative estimate of drug-likeness (QED) is 0.900. The molecule has 0 aliphatic heterocycles. The highest BCUT2D eigenvalue weighted by molar-refractivity contribution is 5.54. The van der Waals surface area contributed by atoms with E-state index in [0.29, 0.717) is 0 Å². The van der Waals surface area contributed by atoms with Crippen molar-refractivity contribution in [1.82, 2.24) is 0 Å². The van der Waals surface area contributed by atoms with Gasteiger partial charge in [-0.2, -0.15) is 0 Å². The van der Waals surface area contributed by atoms with Crippen molar-refractivity contribution in [1.29, 1.82) is 0 Å². The zero-order valence-corrected chi connectivity index (χ0v) is 11.8. The van der Waals surface area contributed by atoms with Gasteiger partial charge in [0.05, 0.1) is 6.10 Å². The zero-order chi connectivity index (χ0) is 13.8. The molecule has 2 heteroatoms. The molecule has 0 unspecified atom stereocenters. The first-order valence-corrected chi connectivity index (χ1v) is 6.61. The average Bonchev–Trinajstić information content (AvgIpc) is 2.41. The third-order valence-corrected chi connectivity index (χ3v) is 3.34. The second-order valence-electron chi connectivity index (χ2n) is 5.08. The van der Waals surface area contributed by atoms with Crippen LogP contribution in [0.2, 0.25) is 0 Å². The summed E-state index contributed by atoms with van der Waals surface area (Å²) >= 11 is 0. The minimum atomic E-state index is -0.448. The van der Waals surface area contributed by atoms with Crippen LogP contribution in [0.15, 0.2) is 48.5 Å². The molecule has 0 aromatic heterocycles. The van der Waals surface area contributed by atoms with Gasteiger partial charge in [0.25, 0.3) is 0 Å². The lowest BCUT2D eigenvalue weighted by Gasteiger charge is -2.23. The van der Waals surface area contributed by atoms with Crippen molar-refractivity contribution in [3.63, 3.8) is 0 Å². The van der Waals surface area contributed by atoms with E-state index >= 15 is 0 Å². The van der Waals surface area contributed by atoms with Crippen LogP contribution in [0.5, 0.6) is 0 Å². The lowest BCUT2D eigenvalue weighted by Crippen LogP contribution is -2.18. The molecule has 2 aromatic carbocycles. The first-order chi connectivity index (χ1) is 9.08. The Morgan fingerprint density at radius 3 is 2.32 bits per heavy atom. The number of rotatable bonds is 4. The van der Waals surface area contributed by atoms with Gasteiger partial charge in [0.1, 0.15) is 0 Å². The molecule has 0 saturated carbocycles. The van der Waals surface area contributed by atoms with Gasteiger partial charge in [-0.3, -0.25) is 0 Å². The fraction of sp³-hybridized carbons (Fsp3) is 0.294. The zero-order valence-electron chi connectivity index (χ0n) is 11.8. The Hall–Kier alpha value is -1.80. The highest BCUT2D eigenvalue weighted by Gasteiger charge is 2.10. The number of benzene rings is 2. The number of anilines is 1. The maximum atomic E-state index is 9.83. The van der Waals surface area contributed by atoms with Crippen molar-refractivity contribution in [2.24, 2.45) is 0 Å². The Labute approximate surface area is 115 Å². The Balaban J connectivity index is 2.20. The fourth-order valence-corrected chi connectivity index (χ4v) is 2.24. The number of hydrogen-bond donors (Lipinski definition) is 1. The molecule has 2 nitrogen and oxygen atoms in total. The van der Waals surface area contributed by atoms with E-state index in [1.807, 2.05) is 18.2 Å². The van der Waals surface area contributed by atoms with Crippen molar-refractivity contribution in [3.8, 4) is 0 Å². The predicted octanol–water partition coefficient (Wildman–Crippen LogP) is 3.68. The molecule has 0 saturated heterocycles. The molecule has 0 amide bonds. The van der Waals surface area contributed by atoms with Gasteiger partial charge in [-0.05, 0) is 25.5 Å². The summed E-state index contributed by atoms with van der Waals surface area (Å²) in [6, 6.07) is 16.6. The number of aliphatic hydroxyl groups excluding tert-OH is 1. The second-order valence-corrected chi connectivity index (χ2v) is 5.08. The van der Waals surface area contributed by atoms with Crippen molar-refractivity contribution >= 4 is 5.69 Å².